The fourth-order valence-electron chi connectivity index (χ4n) is 2.92. The van der Waals surface area contributed by atoms with E-state index < -0.39 is 12.1 Å². The van der Waals surface area contributed by atoms with E-state index >= 15 is 0 Å². The lowest BCUT2D eigenvalue weighted by Gasteiger charge is -2.32. The van der Waals surface area contributed by atoms with Crippen LogP contribution < -0.4 is 4.74 Å². The first-order valence-corrected chi connectivity index (χ1v) is 7.27. The van der Waals surface area contributed by atoms with Gasteiger partial charge in [0.05, 0.1) is 13.2 Å². The number of rotatable bonds is 2. The molecule has 1 aliphatic heterocycles. The minimum atomic E-state index is -4.67. The van der Waals surface area contributed by atoms with E-state index in [9.17, 15) is 13.2 Å². The van der Waals surface area contributed by atoms with Crippen LogP contribution in [0.4, 0.5) is 13.2 Å². The summed E-state index contributed by atoms with van der Waals surface area (Å²) in [6.07, 6.45) is 0.481. The van der Waals surface area contributed by atoms with Gasteiger partial charge in [-0.1, -0.05) is 23.8 Å². The molecule has 0 unspecified atom stereocenters. The van der Waals surface area contributed by atoms with Crippen LogP contribution in [0.5, 0.6) is 5.75 Å². The summed E-state index contributed by atoms with van der Waals surface area (Å²) in [6.45, 7) is 1.27. The first kappa shape index (κ1) is 15.4. The van der Waals surface area contributed by atoms with Gasteiger partial charge in [-0.05, 0) is 30.5 Å². The number of benzene rings is 1. The standard InChI is InChI=1S/C16H17F3O3/c17-16(18,19)22-14-3-1-2-13(11-14)10-12-4-6-15(7-5-12)20-8-9-21-15/h1-3,10-11H,4-9H2. The van der Waals surface area contributed by atoms with Crippen LogP contribution in [0, 0.1) is 0 Å². The third-order valence-corrected chi connectivity index (χ3v) is 3.93. The third-order valence-electron chi connectivity index (χ3n) is 3.93. The van der Waals surface area contributed by atoms with Crippen LogP contribution in [-0.4, -0.2) is 25.4 Å². The molecule has 1 spiro atoms. The van der Waals surface area contributed by atoms with Crippen molar-refractivity contribution in [3.8, 4) is 5.75 Å². The van der Waals surface area contributed by atoms with Crippen LogP contribution in [0.1, 0.15) is 31.2 Å². The maximum atomic E-state index is 12.2. The van der Waals surface area contributed by atoms with Crippen molar-refractivity contribution in [2.75, 3.05) is 13.2 Å². The molecule has 1 heterocycles. The van der Waals surface area contributed by atoms with E-state index in [4.69, 9.17) is 9.47 Å². The summed E-state index contributed by atoms with van der Waals surface area (Å²) in [5.74, 6) is -0.630. The van der Waals surface area contributed by atoms with Gasteiger partial charge in [0.1, 0.15) is 5.75 Å². The topological polar surface area (TPSA) is 27.7 Å². The predicted octanol–water partition coefficient (Wildman–Crippen LogP) is 4.29. The minimum absolute atomic E-state index is 0.198. The van der Waals surface area contributed by atoms with Crippen LogP contribution in [0.3, 0.4) is 0 Å². The molecule has 1 saturated carbocycles. The lowest BCUT2D eigenvalue weighted by atomic mass is 9.88. The number of hydrogen-bond donors (Lipinski definition) is 0. The van der Waals surface area contributed by atoms with Crippen molar-refractivity contribution in [3.63, 3.8) is 0 Å². The molecule has 0 radical (unpaired) electrons. The van der Waals surface area contributed by atoms with E-state index in [1.165, 1.54) is 17.7 Å². The molecule has 0 atom stereocenters. The van der Waals surface area contributed by atoms with Gasteiger partial charge in [-0.15, -0.1) is 13.2 Å². The molecule has 3 rings (SSSR count). The number of hydrogen-bond acceptors (Lipinski definition) is 3. The summed E-state index contributed by atoms with van der Waals surface area (Å²) in [4.78, 5) is 0. The molecule has 1 aliphatic carbocycles. The van der Waals surface area contributed by atoms with Gasteiger partial charge in [0, 0.05) is 12.8 Å². The predicted molar refractivity (Wildman–Crippen MR) is 74.2 cm³/mol. The van der Waals surface area contributed by atoms with Crippen molar-refractivity contribution in [3.05, 3.63) is 35.4 Å². The van der Waals surface area contributed by atoms with E-state index in [1.54, 1.807) is 12.1 Å². The van der Waals surface area contributed by atoms with E-state index in [2.05, 4.69) is 4.74 Å². The highest BCUT2D eigenvalue weighted by molar-refractivity contribution is 5.55. The highest BCUT2D eigenvalue weighted by atomic mass is 19.4. The second-order valence-electron chi connectivity index (χ2n) is 5.53. The quantitative estimate of drug-likeness (QED) is 0.815. The Bertz CT molecular complexity index is 548. The van der Waals surface area contributed by atoms with E-state index in [-0.39, 0.29) is 5.75 Å². The molecule has 2 aliphatic rings. The molecule has 120 valence electrons. The lowest BCUT2D eigenvalue weighted by Crippen LogP contribution is -2.33. The molecule has 1 saturated heterocycles. The monoisotopic (exact) mass is 314 g/mol. The normalized spacial score (nSPS) is 21.1. The molecule has 22 heavy (non-hydrogen) atoms. The van der Waals surface area contributed by atoms with Crippen molar-refractivity contribution in [2.45, 2.75) is 37.8 Å². The molecule has 0 N–H and O–H groups in total. The van der Waals surface area contributed by atoms with Crippen molar-refractivity contribution in [1.29, 1.82) is 0 Å². The summed E-state index contributed by atoms with van der Waals surface area (Å²) in [6, 6.07) is 6.02. The molecule has 1 aromatic rings. The Kier molecular flexibility index (Phi) is 4.14. The lowest BCUT2D eigenvalue weighted by molar-refractivity contribution is -0.274. The summed E-state index contributed by atoms with van der Waals surface area (Å²) in [5, 5.41) is 0. The van der Waals surface area contributed by atoms with Crippen LogP contribution in [0.2, 0.25) is 0 Å². The fraction of sp³-hybridized carbons (Fsp3) is 0.500. The molecule has 0 aromatic heterocycles. The van der Waals surface area contributed by atoms with E-state index in [0.29, 0.717) is 18.8 Å². The van der Waals surface area contributed by atoms with Crippen LogP contribution in [-0.2, 0) is 9.47 Å². The van der Waals surface area contributed by atoms with Gasteiger partial charge in [-0.3, -0.25) is 0 Å². The Labute approximate surface area is 126 Å². The van der Waals surface area contributed by atoms with Gasteiger partial charge in [0.2, 0.25) is 0 Å². The first-order chi connectivity index (χ1) is 10.4. The molecule has 6 heteroatoms. The van der Waals surface area contributed by atoms with Gasteiger partial charge in [-0.25, -0.2) is 0 Å². The van der Waals surface area contributed by atoms with Crippen molar-refractivity contribution in [1.82, 2.24) is 0 Å². The Morgan fingerprint density at radius 1 is 1.09 bits per heavy atom. The number of ether oxygens (including phenoxy) is 3. The average Bonchev–Trinajstić information content (AvgIpc) is 2.89. The molecular formula is C16H17F3O3. The number of halogens is 3. The maximum Gasteiger partial charge on any atom is 0.573 e. The van der Waals surface area contributed by atoms with Crippen LogP contribution in [0.25, 0.3) is 6.08 Å². The summed E-state index contributed by atoms with van der Waals surface area (Å²) >= 11 is 0. The second-order valence-corrected chi connectivity index (χ2v) is 5.53. The van der Waals surface area contributed by atoms with Gasteiger partial charge in [0.25, 0.3) is 0 Å². The SMILES string of the molecule is FC(F)(F)Oc1cccc(C=C2CCC3(CC2)OCCO3)c1. The van der Waals surface area contributed by atoms with Gasteiger partial charge in [0.15, 0.2) is 5.79 Å². The molecule has 2 fully saturated rings. The molecule has 0 bridgehead atoms. The Hall–Kier alpha value is -1.53. The Balaban J connectivity index is 1.66. The van der Waals surface area contributed by atoms with E-state index in [0.717, 1.165) is 25.7 Å². The second kappa shape index (κ2) is 5.93. The molecule has 1 aromatic carbocycles. The fourth-order valence-corrected chi connectivity index (χ4v) is 2.92. The number of alkyl halides is 3. The van der Waals surface area contributed by atoms with Crippen molar-refractivity contribution >= 4 is 6.08 Å². The highest BCUT2D eigenvalue weighted by Crippen LogP contribution is 2.38. The smallest absolute Gasteiger partial charge is 0.406 e. The minimum Gasteiger partial charge on any atom is -0.406 e. The summed E-state index contributed by atoms with van der Waals surface area (Å²) in [5.41, 5.74) is 1.90. The highest BCUT2D eigenvalue weighted by Gasteiger charge is 2.38. The summed E-state index contributed by atoms with van der Waals surface area (Å²) in [7, 11) is 0. The maximum absolute atomic E-state index is 12.2. The largest absolute Gasteiger partial charge is 0.573 e. The zero-order valence-corrected chi connectivity index (χ0v) is 12.0. The zero-order valence-electron chi connectivity index (χ0n) is 12.0. The first-order valence-electron chi connectivity index (χ1n) is 7.27. The average molecular weight is 314 g/mol. The third kappa shape index (κ3) is 3.81. The van der Waals surface area contributed by atoms with Crippen molar-refractivity contribution in [2.24, 2.45) is 0 Å². The van der Waals surface area contributed by atoms with Crippen LogP contribution >= 0.6 is 0 Å². The Morgan fingerprint density at radius 3 is 2.41 bits per heavy atom. The molecule has 0 amide bonds. The molecular weight excluding hydrogens is 297 g/mol. The van der Waals surface area contributed by atoms with Crippen molar-refractivity contribution < 1.29 is 27.4 Å². The van der Waals surface area contributed by atoms with Gasteiger partial charge < -0.3 is 14.2 Å². The molecule has 3 nitrogen and oxygen atoms in total. The summed E-state index contributed by atoms with van der Waals surface area (Å²) < 4.78 is 52.0. The zero-order chi connectivity index (χ0) is 15.6. The van der Waals surface area contributed by atoms with Gasteiger partial charge >= 0.3 is 6.36 Å². The van der Waals surface area contributed by atoms with E-state index in [1.807, 2.05) is 6.08 Å². The Morgan fingerprint density at radius 2 is 1.77 bits per heavy atom. The number of allylic oxidation sites excluding steroid dienone is 1. The van der Waals surface area contributed by atoms with Gasteiger partial charge in [-0.2, -0.15) is 0 Å². The van der Waals surface area contributed by atoms with Crippen LogP contribution in [0.15, 0.2) is 29.8 Å².